The highest BCUT2D eigenvalue weighted by Gasteiger charge is 2.12. The molecule has 3 nitrogen and oxygen atoms in total. The quantitative estimate of drug-likeness (QED) is 0.866. The summed E-state index contributed by atoms with van der Waals surface area (Å²) in [5.41, 5.74) is 1.45. The van der Waals surface area contributed by atoms with Gasteiger partial charge < -0.3 is 5.32 Å². The van der Waals surface area contributed by atoms with Gasteiger partial charge in [-0.05, 0) is 36.8 Å². The molecule has 1 amide bonds. The van der Waals surface area contributed by atoms with Crippen molar-refractivity contribution in [2.45, 2.75) is 13.0 Å². The maximum absolute atomic E-state index is 12.0. The molecule has 0 aliphatic rings. The lowest BCUT2D eigenvalue weighted by molar-refractivity contribution is 0.0935. The second-order valence-electron chi connectivity index (χ2n) is 4.11. The highest BCUT2D eigenvalue weighted by atomic mass is 79.9. The summed E-state index contributed by atoms with van der Waals surface area (Å²) < 4.78 is 1.85. The Hall–Kier alpha value is -1.20. The van der Waals surface area contributed by atoms with Crippen LogP contribution in [0.1, 0.15) is 29.0 Å². The summed E-state index contributed by atoms with van der Waals surface area (Å²) in [6, 6.07) is 11.3. The third-order valence-electron chi connectivity index (χ3n) is 2.67. The van der Waals surface area contributed by atoms with Gasteiger partial charge in [-0.2, -0.15) is 0 Å². The van der Waals surface area contributed by atoms with Crippen LogP contribution < -0.4 is 5.32 Å². The van der Waals surface area contributed by atoms with Gasteiger partial charge in [0.1, 0.15) is 5.69 Å². The number of hydrogen-bond acceptors (Lipinski definition) is 2. The number of hydrogen-bond donors (Lipinski definition) is 1. The molecule has 0 fully saturated rings. The molecule has 0 bridgehead atoms. The number of halogens is 2. The van der Waals surface area contributed by atoms with Gasteiger partial charge in [0.25, 0.3) is 5.91 Å². The average Bonchev–Trinajstić information content (AvgIpc) is 2.39. The zero-order valence-corrected chi connectivity index (χ0v) is 13.4. The average molecular weight is 384 g/mol. The third kappa shape index (κ3) is 3.88. The molecule has 19 heavy (non-hydrogen) atoms. The number of nitrogens with one attached hydrogen (secondary N) is 1. The first-order chi connectivity index (χ1) is 9.06. The zero-order chi connectivity index (χ0) is 13.8. The second kappa shape index (κ2) is 6.30. The minimum Gasteiger partial charge on any atom is -0.344 e. The molecule has 0 saturated carbocycles. The number of aromatic nitrogens is 1. The van der Waals surface area contributed by atoms with Crippen molar-refractivity contribution < 1.29 is 4.79 Å². The van der Waals surface area contributed by atoms with Gasteiger partial charge in [-0.3, -0.25) is 9.78 Å². The molecule has 0 spiro atoms. The van der Waals surface area contributed by atoms with Gasteiger partial charge in [-0.15, -0.1) is 0 Å². The van der Waals surface area contributed by atoms with E-state index in [4.69, 9.17) is 0 Å². The largest absolute Gasteiger partial charge is 0.344 e. The molecule has 0 radical (unpaired) electrons. The molecule has 0 saturated heterocycles. The molecule has 1 aromatic carbocycles. The number of carbonyl (C=O) groups excluding carboxylic acids is 1. The Morgan fingerprint density at radius 2 is 1.84 bits per heavy atom. The zero-order valence-electron chi connectivity index (χ0n) is 10.2. The first kappa shape index (κ1) is 14.2. The van der Waals surface area contributed by atoms with E-state index in [1.807, 2.05) is 31.2 Å². The molecular formula is C14H12Br2N2O. The van der Waals surface area contributed by atoms with Crippen LogP contribution in [0.4, 0.5) is 0 Å². The van der Waals surface area contributed by atoms with Crippen LogP contribution in [0, 0.1) is 0 Å². The summed E-state index contributed by atoms with van der Waals surface area (Å²) in [5.74, 6) is -0.184. The second-order valence-corrected chi connectivity index (χ2v) is 5.94. The molecule has 1 heterocycles. The highest BCUT2D eigenvalue weighted by Crippen LogP contribution is 2.17. The SMILES string of the molecule is C[C@@H](NC(=O)c1cc(Br)ccn1)c1ccc(Br)cc1. The fourth-order valence-electron chi connectivity index (χ4n) is 1.63. The lowest BCUT2D eigenvalue weighted by Gasteiger charge is -2.14. The summed E-state index contributed by atoms with van der Waals surface area (Å²) in [4.78, 5) is 16.1. The van der Waals surface area contributed by atoms with E-state index in [9.17, 15) is 4.79 Å². The molecule has 98 valence electrons. The van der Waals surface area contributed by atoms with Crippen molar-refractivity contribution in [2.24, 2.45) is 0 Å². The van der Waals surface area contributed by atoms with Crippen molar-refractivity contribution >= 4 is 37.8 Å². The Morgan fingerprint density at radius 1 is 1.16 bits per heavy atom. The van der Waals surface area contributed by atoms with E-state index in [2.05, 4.69) is 42.2 Å². The molecule has 0 unspecified atom stereocenters. The van der Waals surface area contributed by atoms with E-state index < -0.39 is 0 Å². The molecular weight excluding hydrogens is 372 g/mol. The van der Waals surface area contributed by atoms with Crippen LogP contribution in [-0.2, 0) is 0 Å². The van der Waals surface area contributed by atoms with Gasteiger partial charge in [0.15, 0.2) is 0 Å². The van der Waals surface area contributed by atoms with Gasteiger partial charge in [0.2, 0.25) is 0 Å². The van der Waals surface area contributed by atoms with E-state index in [0.29, 0.717) is 5.69 Å². The summed E-state index contributed by atoms with van der Waals surface area (Å²) in [7, 11) is 0. The van der Waals surface area contributed by atoms with Gasteiger partial charge >= 0.3 is 0 Å². The van der Waals surface area contributed by atoms with Gasteiger partial charge in [-0.1, -0.05) is 44.0 Å². The molecule has 0 aliphatic carbocycles. The predicted octanol–water partition coefficient (Wildman–Crippen LogP) is 4.10. The molecule has 1 atom stereocenters. The van der Waals surface area contributed by atoms with E-state index in [0.717, 1.165) is 14.5 Å². The fourth-order valence-corrected chi connectivity index (χ4v) is 2.23. The Morgan fingerprint density at radius 3 is 2.47 bits per heavy atom. The molecule has 2 rings (SSSR count). The molecule has 1 N–H and O–H groups in total. The maximum atomic E-state index is 12.0. The molecule has 5 heteroatoms. The minimum atomic E-state index is -0.184. The number of pyridine rings is 1. The van der Waals surface area contributed by atoms with Crippen molar-refractivity contribution in [3.63, 3.8) is 0 Å². The van der Waals surface area contributed by atoms with Crippen LogP contribution in [0.2, 0.25) is 0 Å². The van der Waals surface area contributed by atoms with Crippen molar-refractivity contribution in [3.05, 3.63) is 62.8 Å². The van der Waals surface area contributed by atoms with Crippen LogP contribution in [0.3, 0.4) is 0 Å². The lowest BCUT2D eigenvalue weighted by Crippen LogP contribution is -2.27. The Labute approximate surface area is 128 Å². The summed E-state index contributed by atoms with van der Waals surface area (Å²) >= 11 is 6.71. The Bertz CT molecular complexity index is 584. The van der Waals surface area contributed by atoms with Crippen LogP contribution in [0.5, 0.6) is 0 Å². The van der Waals surface area contributed by atoms with E-state index in [1.165, 1.54) is 0 Å². The smallest absolute Gasteiger partial charge is 0.270 e. The van der Waals surface area contributed by atoms with Gasteiger partial charge in [0, 0.05) is 15.1 Å². The Balaban J connectivity index is 2.08. The monoisotopic (exact) mass is 382 g/mol. The van der Waals surface area contributed by atoms with Crippen LogP contribution in [-0.4, -0.2) is 10.9 Å². The minimum absolute atomic E-state index is 0.0682. The normalized spacial score (nSPS) is 11.9. The summed E-state index contributed by atoms with van der Waals surface area (Å²) in [5, 5.41) is 2.92. The lowest BCUT2D eigenvalue weighted by atomic mass is 10.1. The van der Waals surface area contributed by atoms with Gasteiger partial charge in [-0.25, -0.2) is 0 Å². The number of nitrogens with zero attached hydrogens (tertiary/aromatic N) is 1. The van der Waals surface area contributed by atoms with Crippen LogP contribution in [0.25, 0.3) is 0 Å². The first-order valence-corrected chi connectivity index (χ1v) is 7.33. The third-order valence-corrected chi connectivity index (χ3v) is 3.69. The number of benzene rings is 1. The standard InChI is InChI=1S/C14H12Br2N2O/c1-9(10-2-4-11(15)5-3-10)18-14(19)13-8-12(16)6-7-17-13/h2-9H,1H3,(H,18,19)/t9-/m1/s1. The Kier molecular flexibility index (Phi) is 4.71. The van der Waals surface area contributed by atoms with E-state index in [-0.39, 0.29) is 11.9 Å². The fraction of sp³-hybridized carbons (Fsp3) is 0.143. The molecule has 2 aromatic rings. The molecule has 1 aromatic heterocycles. The van der Waals surface area contributed by atoms with Crippen molar-refractivity contribution in [3.8, 4) is 0 Å². The van der Waals surface area contributed by atoms with Crippen molar-refractivity contribution in [1.82, 2.24) is 10.3 Å². The topological polar surface area (TPSA) is 42.0 Å². The number of carbonyl (C=O) groups is 1. The van der Waals surface area contributed by atoms with Crippen LogP contribution >= 0.6 is 31.9 Å². The summed E-state index contributed by atoms with van der Waals surface area (Å²) in [6.07, 6.45) is 1.60. The highest BCUT2D eigenvalue weighted by molar-refractivity contribution is 9.10. The predicted molar refractivity (Wildman–Crippen MR) is 82.0 cm³/mol. The van der Waals surface area contributed by atoms with Gasteiger partial charge in [0.05, 0.1) is 6.04 Å². The van der Waals surface area contributed by atoms with E-state index in [1.54, 1.807) is 18.3 Å². The van der Waals surface area contributed by atoms with Crippen molar-refractivity contribution in [1.29, 1.82) is 0 Å². The number of amides is 1. The van der Waals surface area contributed by atoms with Crippen molar-refractivity contribution in [2.75, 3.05) is 0 Å². The maximum Gasteiger partial charge on any atom is 0.270 e. The number of rotatable bonds is 3. The summed E-state index contributed by atoms with van der Waals surface area (Å²) in [6.45, 7) is 1.94. The van der Waals surface area contributed by atoms with Crippen LogP contribution in [0.15, 0.2) is 51.5 Å². The van der Waals surface area contributed by atoms with E-state index >= 15 is 0 Å². The molecule has 0 aliphatic heterocycles. The first-order valence-electron chi connectivity index (χ1n) is 5.74.